The van der Waals surface area contributed by atoms with E-state index in [0.717, 1.165) is 37.2 Å². The van der Waals surface area contributed by atoms with Gasteiger partial charge in [0.15, 0.2) is 0 Å². The smallest absolute Gasteiger partial charge is 0.125 e. The number of aryl methyl sites for hydroxylation is 2. The fraction of sp³-hybridized carbons (Fsp3) is 0.667. The lowest BCUT2D eigenvalue weighted by molar-refractivity contribution is 0.0676. The maximum absolute atomic E-state index is 10.2. The molecule has 0 saturated carbocycles. The Morgan fingerprint density at radius 1 is 1.05 bits per heavy atom. The summed E-state index contributed by atoms with van der Waals surface area (Å²) in [6, 6.07) is 4.18. The molecular formula is C18H31NO2. The van der Waals surface area contributed by atoms with Gasteiger partial charge in [0.1, 0.15) is 18.5 Å². The predicted octanol–water partition coefficient (Wildman–Crippen LogP) is 3.47. The van der Waals surface area contributed by atoms with Crippen molar-refractivity contribution < 1.29 is 9.84 Å². The molecule has 0 amide bonds. The molecule has 0 fully saturated rings. The van der Waals surface area contributed by atoms with E-state index in [1.165, 1.54) is 11.1 Å². The molecule has 3 heteroatoms. The molecule has 1 rings (SSSR count). The second-order valence-electron chi connectivity index (χ2n) is 5.92. The monoisotopic (exact) mass is 293 g/mol. The fourth-order valence-electron chi connectivity index (χ4n) is 2.60. The van der Waals surface area contributed by atoms with Gasteiger partial charge in [0, 0.05) is 6.54 Å². The number of rotatable bonds is 9. The van der Waals surface area contributed by atoms with Crippen molar-refractivity contribution in [1.82, 2.24) is 4.90 Å². The first-order valence-corrected chi connectivity index (χ1v) is 8.09. The van der Waals surface area contributed by atoms with Crippen LogP contribution in [0, 0.1) is 20.8 Å². The summed E-state index contributed by atoms with van der Waals surface area (Å²) in [5, 5.41) is 10.2. The van der Waals surface area contributed by atoms with Crippen molar-refractivity contribution in [3.63, 3.8) is 0 Å². The van der Waals surface area contributed by atoms with Gasteiger partial charge in [-0.25, -0.2) is 0 Å². The zero-order chi connectivity index (χ0) is 15.8. The van der Waals surface area contributed by atoms with E-state index in [0.29, 0.717) is 13.2 Å². The van der Waals surface area contributed by atoms with Crippen molar-refractivity contribution in [2.75, 3.05) is 26.2 Å². The van der Waals surface area contributed by atoms with Crippen LogP contribution in [0.4, 0.5) is 0 Å². The minimum absolute atomic E-state index is 0.356. The van der Waals surface area contributed by atoms with Crippen molar-refractivity contribution in [3.05, 3.63) is 28.8 Å². The van der Waals surface area contributed by atoms with Gasteiger partial charge in [-0.15, -0.1) is 0 Å². The summed E-state index contributed by atoms with van der Waals surface area (Å²) in [5.41, 5.74) is 3.52. The second-order valence-corrected chi connectivity index (χ2v) is 5.92. The summed E-state index contributed by atoms with van der Waals surface area (Å²) in [6.45, 7) is 13.7. The van der Waals surface area contributed by atoms with E-state index in [1.807, 2.05) is 0 Å². The van der Waals surface area contributed by atoms with Gasteiger partial charge in [-0.1, -0.05) is 26.0 Å². The molecule has 0 radical (unpaired) electrons. The molecule has 0 spiro atoms. The number of aliphatic hydroxyl groups is 1. The summed E-state index contributed by atoms with van der Waals surface area (Å²) < 4.78 is 5.89. The highest BCUT2D eigenvalue weighted by molar-refractivity contribution is 5.44. The highest BCUT2D eigenvalue weighted by atomic mass is 16.5. The average Bonchev–Trinajstić information content (AvgIpc) is 2.43. The third-order valence-corrected chi connectivity index (χ3v) is 3.84. The number of ether oxygens (including phenoxy) is 1. The minimum Gasteiger partial charge on any atom is -0.490 e. The summed E-state index contributed by atoms with van der Waals surface area (Å²) >= 11 is 0. The molecule has 0 aliphatic heterocycles. The number of nitrogens with zero attached hydrogens (tertiary/aromatic N) is 1. The number of aliphatic hydroxyl groups excluding tert-OH is 1. The SMILES string of the molecule is CCCN(CCC)C[C@@H](O)COc1c(C)ccc(C)c1C. The molecule has 0 aliphatic carbocycles. The molecule has 120 valence electrons. The van der Waals surface area contributed by atoms with Gasteiger partial charge in [0.05, 0.1) is 0 Å². The Kier molecular flexibility index (Phi) is 7.76. The van der Waals surface area contributed by atoms with Crippen LogP contribution in [-0.2, 0) is 0 Å². The molecule has 0 aromatic heterocycles. The Bertz CT molecular complexity index is 425. The van der Waals surface area contributed by atoms with Gasteiger partial charge in [0.2, 0.25) is 0 Å². The second kappa shape index (κ2) is 9.06. The van der Waals surface area contributed by atoms with Crippen LogP contribution in [0.5, 0.6) is 5.75 Å². The van der Waals surface area contributed by atoms with Gasteiger partial charge < -0.3 is 14.7 Å². The van der Waals surface area contributed by atoms with E-state index >= 15 is 0 Å². The van der Waals surface area contributed by atoms with Crippen molar-refractivity contribution in [2.45, 2.75) is 53.6 Å². The summed E-state index contributed by atoms with van der Waals surface area (Å²) in [6.07, 6.45) is 1.79. The van der Waals surface area contributed by atoms with Gasteiger partial charge in [-0.05, 0) is 63.4 Å². The Balaban J connectivity index is 2.56. The molecule has 0 bridgehead atoms. The standard InChI is InChI=1S/C18H31NO2/c1-6-10-19(11-7-2)12-17(20)13-21-18-15(4)9-8-14(3)16(18)5/h8-9,17,20H,6-7,10-13H2,1-5H3/t17-/m1/s1. The van der Waals surface area contributed by atoms with Crippen molar-refractivity contribution in [1.29, 1.82) is 0 Å². The topological polar surface area (TPSA) is 32.7 Å². The van der Waals surface area contributed by atoms with Gasteiger partial charge in [0.25, 0.3) is 0 Å². The van der Waals surface area contributed by atoms with Crippen LogP contribution in [-0.4, -0.2) is 42.4 Å². The van der Waals surface area contributed by atoms with Crippen LogP contribution in [0.25, 0.3) is 0 Å². The van der Waals surface area contributed by atoms with Crippen molar-refractivity contribution in [3.8, 4) is 5.75 Å². The Labute approximate surface area is 129 Å². The molecule has 0 saturated heterocycles. The molecule has 1 aromatic rings. The summed E-state index contributed by atoms with van der Waals surface area (Å²) in [4.78, 5) is 2.31. The zero-order valence-corrected chi connectivity index (χ0v) is 14.3. The molecule has 1 N–H and O–H groups in total. The van der Waals surface area contributed by atoms with Crippen LogP contribution < -0.4 is 4.74 Å². The Morgan fingerprint density at radius 3 is 2.19 bits per heavy atom. The molecule has 21 heavy (non-hydrogen) atoms. The average molecular weight is 293 g/mol. The number of hydrogen-bond acceptors (Lipinski definition) is 3. The third-order valence-electron chi connectivity index (χ3n) is 3.84. The maximum Gasteiger partial charge on any atom is 0.125 e. The molecule has 0 unspecified atom stereocenters. The fourth-order valence-corrected chi connectivity index (χ4v) is 2.60. The van der Waals surface area contributed by atoms with E-state index in [9.17, 15) is 5.11 Å². The maximum atomic E-state index is 10.2. The quantitative estimate of drug-likeness (QED) is 0.756. The molecule has 0 aliphatic rings. The number of benzene rings is 1. The Hall–Kier alpha value is -1.06. The van der Waals surface area contributed by atoms with Crippen molar-refractivity contribution >= 4 is 0 Å². The normalized spacial score (nSPS) is 12.7. The minimum atomic E-state index is -0.442. The molecule has 1 aromatic carbocycles. The van der Waals surface area contributed by atoms with Crippen LogP contribution in [0.3, 0.4) is 0 Å². The van der Waals surface area contributed by atoms with E-state index < -0.39 is 6.10 Å². The van der Waals surface area contributed by atoms with Crippen molar-refractivity contribution in [2.24, 2.45) is 0 Å². The first kappa shape index (κ1) is 18.0. The van der Waals surface area contributed by atoms with E-state index in [4.69, 9.17) is 4.74 Å². The molecule has 1 atom stereocenters. The van der Waals surface area contributed by atoms with Gasteiger partial charge in [-0.3, -0.25) is 0 Å². The van der Waals surface area contributed by atoms with Gasteiger partial charge >= 0.3 is 0 Å². The highest BCUT2D eigenvalue weighted by Gasteiger charge is 2.13. The molecule has 0 heterocycles. The zero-order valence-electron chi connectivity index (χ0n) is 14.3. The largest absolute Gasteiger partial charge is 0.490 e. The van der Waals surface area contributed by atoms with Crippen LogP contribution >= 0.6 is 0 Å². The first-order chi connectivity index (χ1) is 9.99. The lowest BCUT2D eigenvalue weighted by atomic mass is 10.1. The van der Waals surface area contributed by atoms with Crippen LogP contribution in [0.2, 0.25) is 0 Å². The van der Waals surface area contributed by atoms with E-state index in [-0.39, 0.29) is 0 Å². The Morgan fingerprint density at radius 2 is 1.62 bits per heavy atom. The summed E-state index contributed by atoms with van der Waals surface area (Å²) in [7, 11) is 0. The lowest BCUT2D eigenvalue weighted by Gasteiger charge is -2.24. The number of hydrogen-bond donors (Lipinski definition) is 1. The molecular weight excluding hydrogens is 262 g/mol. The first-order valence-electron chi connectivity index (χ1n) is 8.09. The van der Waals surface area contributed by atoms with E-state index in [1.54, 1.807) is 0 Å². The highest BCUT2D eigenvalue weighted by Crippen LogP contribution is 2.25. The predicted molar refractivity (Wildman–Crippen MR) is 89.2 cm³/mol. The lowest BCUT2D eigenvalue weighted by Crippen LogP contribution is -2.36. The third kappa shape index (κ3) is 5.68. The van der Waals surface area contributed by atoms with E-state index in [2.05, 4.69) is 51.7 Å². The van der Waals surface area contributed by atoms with Gasteiger partial charge in [-0.2, -0.15) is 0 Å². The van der Waals surface area contributed by atoms with Crippen LogP contribution in [0.1, 0.15) is 43.4 Å². The van der Waals surface area contributed by atoms with Crippen LogP contribution in [0.15, 0.2) is 12.1 Å². The molecule has 3 nitrogen and oxygen atoms in total. The summed E-state index contributed by atoms with van der Waals surface area (Å²) in [5.74, 6) is 0.923.